The molecule has 140 valence electrons. The third-order valence-corrected chi connectivity index (χ3v) is 4.67. The maximum absolute atomic E-state index is 12.6. The van der Waals surface area contributed by atoms with Gasteiger partial charge in [0, 0.05) is 37.5 Å². The zero-order valence-corrected chi connectivity index (χ0v) is 16.0. The molecule has 0 saturated heterocycles. The lowest BCUT2D eigenvalue weighted by molar-refractivity contribution is 0.102. The number of nitrogens with zero attached hydrogens (tertiary/aromatic N) is 3. The summed E-state index contributed by atoms with van der Waals surface area (Å²) in [7, 11) is 1.66. The molecule has 8 heteroatoms. The molecule has 1 amide bonds. The van der Waals surface area contributed by atoms with E-state index in [0.717, 1.165) is 17.7 Å². The maximum atomic E-state index is 12.6. The Bertz CT molecular complexity index is 899. The fourth-order valence-electron chi connectivity index (χ4n) is 2.43. The predicted molar refractivity (Wildman–Crippen MR) is 104 cm³/mol. The van der Waals surface area contributed by atoms with E-state index in [1.54, 1.807) is 25.4 Å². The van der Waals surface area contributed by atoms with Crippen LogP contribution in [0.4, 0.5) is 5.13 Å². The van der Waals surface area contributed by atoms with E-state index in [1.807, 2.05) is 31.2 Å². The highest BCUT2D eigenvalue weighted by molar-refractivity contribution is 7.18. The van der Waals surface area contributed by atoms with Crippen LogP contribution in [0.5, 0.6) is 5.75 Å². The van der Waals surface area contributed by atoms with E-state index < -0.39 is 0 Å². The van der Waals surface area contributed by atoms with Crippen LogP contribution in [-0.4, -0.2) is 41.4 Å². The third kappa shape index (κ3) is 4.87. The highest BCUT2D eigenvalue weighted by Crippen LogP contribution is 2.26. The average Bonchev–Trinajstić information content (AvgIpc) is 3.15. The molecular weight excluding hydrogens is 364 g/mol. The second kappa shape index (κ2) is 9.20. The Morgan fingerprint density at radius 3 is 2.81 bits per heavy atom. The summed E-state index contributed by atoms with van der Waals surface area (Å²) in [6, 6.07) is 11.0. The number of methoxy groups -OCH3 is 1. The molecular formula is C19H20N4O3S. The molecule has 0 spiro atoms. The number of ether oxygens (including phenoxy) is 2. The van der Waals surface area contributed by atoms with Gasteiger partial charge < -0.3 is 9.47 Å². The van der Waals surface area contributed by atoms with Gasteiger partial charge in [0.2, 0.25) is 5.13 Å². The summed E-state index contributed by atoms with van der Waals surface area (Å²) < 4.78 is 10.8. The highest BCUT2D eigenvalue weighted by Gasteiger charge is 2.15. The lowest BCUT2D eigenvalue weighted by atomic mass is 10.1. The molecule has 0 radical (unpaired) electrons. The van der Waals surface area contributed by atoms with Gasteiger partial charge in [-0.3, -0.25) is 15.1 Å². The first-order chi connectivity index (χ1) is 13.2. The Balaban J connectivity index is 1.68. The van der Waals surface area contributed by atoms with Crippen molar-refractivity contribution in [1.29, 1.82) is 0 Å². The molecule has 1 aromatic carbocycles. The summed E-state index contributed by atoms with van der Waals surface area (Å²) in [5.41, 5.74) is 2.04. The topological polar surface area (TPSA) is 86.2 Å². The Hall–Kier alpha value is -2.84. The minimum absolute atomic E-state index is 0.251. The largest absolute Gasteiger partial charge is 0.493 e. The average molecular weight is 384 g/mol. The van der Waals surface area contributed by atoms with Crippen LogP contribution in [0.1, 0.15) is 22.3 Å². The van der Waals surface area contributed by atoms with Crippen LogP contribution >= 0.6 is 11.3 Å². The first kappa shape index (κ1) is 18.9. The van der Waals surface area contributed by atoms with Gasteiger partial charge in [-0.15, -0.1) is 10.2 Å². The molecule has 2 aromatic heterocycles. The fourth-order valence-corrected chi connectivity index (χ4v) is 3.15. The molecule has 0 atom stereocenters. The van der Waals surface area contributed by atoms with Gasteiger partial charge in [0.25, 0.3) is 5.91 Å². The molecule has 0 saturated carbocycles. The van der Waals surface area contributed by atoms with Crippen LogP contribution in [0.2, 0.25) is 0 Å². The van der Waals surface area contributed by atoms with Crippen molar-refractivity contribution in [2.75, 3.05) is 25.6 Å². The molecule has 0 unspecified atom stereocenters. The summed E-state index contributed by atoms with van der Waals surface area (Å²) in [6.45, 7) is 3.03. The number of carbonyl (C=O) groups is 1. The number of aromatic nitrogens is 3. The van der Waals surface area contributed by atoms with E-state index >= 15 is 0 Å². The van der Waals surface area contributed by atoms with Crippen molar-refractivity contribution in [2.24, 2.45) is 0 Å². The number of hydrogen-bond acceptors (Lipinski definition) is 7. The van der Waals surface area contributed by atoms with Crippen LogP contribution in [-0.2, 0) is 4.74 Å². The van der Waals surface area contributed by atoms with Crippen LogP contribution in [0.15, 0.2) is 42.6 Å². The standard InChI is InChI=1S/C19H20N4O3S/c1-13-14(7-5-9-16(13)26-12-6-11-25-2)17(24)21-19-23-22-18(27-19)15-8-3-4-10-20-15/h3-5,7-10H,6,11-12H2,1-2H3,(H,21,23,24). The lowest BCUT2D eigenvalue weighted by Crippen LogP contribution is -2.14. The summed E-state index contributed by atoms with van der Waals surface area (Å²) in [6.07, 6.45) is 2.48. The van der Waals surface area contributed by atoms with Crippen molar-refractivity contribution in [3.05, 3.63) is 53.7 Å². The molecule has 7 nitrogen and oxygen atoms in total. The van der Waals surface area contributed by atoms with Crippen molar-refractivity contribution < 1.29 is 14.3 Å². The normalized spacial score (nSPS) is 10.6. The van der Waals surface area contributed by atoms with Crippen molar-refractivity contribution in [3.63, 3.8) is 0 Å². The van der Waals surface area contributed by atoms with Gasteiger partial charge in [-0.1, -0.05) is 23.5 Å². The monoisotopic (exact) mass is 384 g/mol. The van der Waals surface area contributed by atoms with Crippen LogP contribution in [0, 0.1) is 6.92 Å². The van der Waals surface area contributed by atoms with Gasteiger partial charge in [0.1, 0.15) is 11.4 Å². The van der Waals surface area contributed by atoms with E-state index in [1.165, 1.54) is 11.3 Å². The quantitative estimate of drug-likeness (QED) is 0.598. The summed E-state index contributed by atoms with van der Waals surface area (Å²) in [4.78, 5) is 16.9. The summed E-state index contributed by atoms with van der Waals surface area (Å²) in [5.74, 6) is 0.434. The predicted octanol–water partition coefficient (Wildman–Crippen LogP) is 3.58. The number of hydrogen-bond donors (Lipinski definition) is 1. The van der Waals surface area contributed by atoms with Crippen molar-refractivity contribution in [2.45, 2.75) is 13.3 Å². The second-order valence-electron chi connectivity index (χ2n) is 5.70. The molecule has 0 aliphatic carbocycles. The van der Waals surface area contributed by atoms with E-state index in [2.05, 4.69) is 20.5 Å². The molecule has 2 heterocycles. The molecule has 0 bridgehead atoms. The Morgan fingerprint density at radius 2 is 2.04 bits per heavy atom. The van der Waals surface area contributed by atoms with Gasteiger partial charge in [0.15, 0.2) is 5.01 Å². The van der Waals surface area contributed by atoms with Crippen LogP contribution in [0.25, 0.3) is 10.7 Å². The molecule has 1 N–H and O–H groups in total. The molecule has 0 aliphatic rings. The number of amides is 1. The fraction of sp³-hybridized carbons (Fsp3) is 0.263. The van der Waals surface area contributed by atoms with Crippen molar-refractivity contribution >= 4 is 22.4 Å². The van der Waals surface area contributed by atoms with Gasteiger partial charge in [-0.05, 0) is 31.2 Å². The molecule has 3 aromatic rings. The Kier molecular flexibility index (Phi) is 6.45. The van der Waals surface area contributed by atoms with Crippen molar-refractivity contribution in [3.8, 4) is 16.5 Å². The summed E-state index contributed by atoms with van der Waals surface area (Å²) in [5, 5.41) is 12.0. The summed E-state index contributed by atoms with van der Waals surface area (Å²) >= 11 is 1.28. The van der Waals surface area contributed by atoms with Gasteiger partial charge in [-0.25, -0.2) is 0 Å². The zero-order valence-electron chi connectivity index (χ0n) is 15.1. The van der Waals surface area contributed by atoms with Crippen molar-refractivity contribution in [1.82, 2.24) is 15.2 Å². The smallest absolute Gasteiger partial charge is 0.257 e. The van der Waals surface area contributed by atoms with Gasteiger partial charge in [-0.2, -0.15) is 0 Å². The Morgan fingerprint density at radius 1 is 1.15 bits per heavy atom. The number of rotatable bonds is 8. The van der Waals surface area contributed by atoms with E-state index in [4.69, 9.17) is 9.47 Å². The van der Waals surface area contributed by atoms with E-state index in [-0.39, 0.29) is 5.91 Å². The minimum atomic E-state index is -0.251. The number of anilines is 1. The SMILES string of the molecule is COCCCOc1cccc(C(=O)Nc2nnc(-c3ccccn3)s2)c1C. The van der Waals surface area contributed by atoms with E-state index in [9.17, 15) is 4.79 Å². The first-order valence-electron chi connectivity index (χ1n) is 8.46. The number of nitrogens with one attached hydrogen (secondary N) is 1. The third-order valence-electron chi connectivity index (χ3n) is 3.81. The molecule has 0 fully saturated rings. The van der Waals surface area contributed by atoms with Gasteiger partial charge >= 0.3 is 0 Å². The van der Waals surface area contributed by atoms with Crippen LogP contribution < -0.4 is 10.1 Å². The molecule has 0 aliphatic heterocycles. The Labute approximate surface area is 161 Å². The highest BCUT2D eigenvalue weighted by atomic mass is 32.1. The van der Waals surface area contributed by atoms with Crippen LogP contribution in [0.3, 0.4) is 0 Å². The number of benzene rings is 1. The molecule has 3 rings (SSSR count). The first-order valence-corrected chi connectivity index (χ1v) is 9.28. The number of carbonyl (C=O) groups excluding carboxylic acids is 1. The lowest BCUT2D eigenvalue weighted by Gasteiger charge is -2.12. The second-order valence-corrected chi connectivity index (χ2v) is 6.68. The minimum Gasteiger partial charge on any atom is -0.493 e. The maximum Gasteiger partial charge on any atom is 0.257 e. The zero-order chi connectivity index (χ0) is 19.1. The number of pyridine rings is 1. The van der Waals surface area contributed by atoms with Gasteiger partial charge in [0.05, 0.1) is 6.61 Å². The van der Waals surface area contributed by atoms with E-state index in [0.29, 0.717) is 34.7 Å². The molecule has 27 heavy (non-hydrogen) atoms.